The highest BCUT2D eigenvalue weighted by molar-refractivity contribution is 5.84. The Labute approximate surface area is 99.6 Å². The molecule has 3 heteroatoms. The third-order valence-electron chi connectivity index (χ3n) is 3.93. The number of amides is 1. The number of nitrogens with zero attached hydrogens (tertiary/aromatic N) is 1. The zero-order valence-corrected chi connectivity index (χ0v) is 11.4. The first-order valence-electron chi connectivity index (χ1n) is 6.48. The van der Waals surface area contributed by atoms with Crippen LogP contribution in [0.2, 0.25) is 0 Å². The molecule has 3 nitrogen and oxygen atoms in total. The molecule has 0 saturated carbocycles. The van der Waals surface area contributed by atoms with E-state index in [1.807, 2.05) is 4.90 Å². The second-order valence-corrected chi connectivity index (χ2v) is 5.44. The molecule has 94 valence electrons. The highest BCUT2D eigenvalue weighted by atomic mass is 16.2. The van der Waals surface area contributed by atoms with Crippen LogP contribution in [0.15, 0.2) is 0 Å². The van der Waals surface area contributed by atoms with Gasteiger partial charge < -0.3 is 4.90 Å². The molecular weight excluding hydrogens is 200 g/mol. The van der Waals surface area contributed by atoms with Gasteiger partial charge in [0.1, 0.15) is 0 Å². The molecule has 1 heterocycles. The molecule has 0 aliphatic carbocycles. The molecule has 1 aliphatic heterocycles. The molecule has 1 rings (SSSR count). The molecule has 0 aromatic heterocycles. The molecule has 4 unspecified atom stereocenters. The van der Waals surface area contributed by atoms with Crippen LogP contribution in [0.5, 0.6) is 0 Å². The van der Waals surface area contributed by atoms with Crippen molar-refractivity contribution in [2.45, 2.75) is 66.2 Å². The lowest BCUT2D eigenvalue weighted by molar-refractivity contribution is -0.133. The van der Waals surface area contributed by atoms with Gasteiger partial charge in [0.25, 0.3) is 0 Å². The van der Waals surface area contributed by atoms with Crippen LogP contribution in [0, 0.1) is 11.8 Å². The van der Waals surface area contributed by atoms with Crippen molar-refractivity contribution in [1.29, 1.82) is 0 Å². The van der Waals surface area contributed by atoms with Crippen LogP contribution >= 0.6 is 0 Å². The third-order valence-corrected chi connectivity index (χ3v) is 3.93. The Morgan fingerprint density at radius 1 is 1.31 bits per heavy atom. The number of carbonyl (C=O) groups excluding carboxylic acids is 1. The fourth-order valence-corrected chi connectivity index (χ4v) is 2.41. The van der Waals surface area contributed by atoms with Gasteiger partial charge in [0.05, 0.1) is 12.2 Å². The first-order chi connectivity index (χ1) is 7.40. The summed E-state index contributed by atoms with van der Waals surface area (Å²) in [6.07, 6.45) is 1.29. The minimum absolute atomic E-state index is 0.00139. The molecule has 0 aromatic rings. The third kappa shape index (κ3) is 2.40. The molecule has 1 amide bonds. The standard InChI is InChI=1S/C13H26N2O/c1-7-9(4)10(5)15-11(6)14-12(8(2)3)13(15)16/h8-12,14H,7H2,1-6H3. The molecule has 1 saturated heterocycles. The van der Waals surface area contributed by atoms with Crippen molar-refractivity contribution < 1.29 is 4.79 Å². The van der Waals surface area contributed by atoms with E-state index in [9.17, 15) is 4.79 Å². The van der Waals surface area contributed by atoms with Crippen LogP contribution in [0.1, 0.15) is 48.0 Å². The highest BCUT2D eigenvalue weighted by Gasteiger charge is 2.41. The average Bonchev–Trinajstić information content (AvgIpc) is 2.52. The predicted octanol–water partition coefficient (Wildman–Crippen LogP) is 2.22. The maximum absolute atomic E-state index is 12.3. The van der Waals surface area contributed by atoms with Crippen molar-refractivity contribution in [3.05, 3.63) is 0 Å². The summed E-state index contributed by atoms with van der Waals surface area (Å²) in [4.78, 5) is 14.3. The Kier molecular flexibility index (Phi) is 4.36. The number of carbonyl (C=O) groups is 1. The van der Waals surface area contributed by atoms with Gasteiger partial charge in [0.2, 0.25) is 5.91 Å². The van der Waals surface area contributed by atoms with Crippen LogP contribution < -0.4 is 5.32 Å². The SMILES string of the molecule is CCC(C)C(C)N1C(=O)C(C(C)C)NC1C. The summed E-state index contributed by atoms with van der Waals surface area (Å²) in [5, 5.41) is 3.39. The first kappa shape index (κ1) is 13.5. The second kappa shape index (κ2) is 5.17. The molecule has 0 radical (unpaired) electrons. The second-order valence-electron chi connectivity index (χ2n) is 5.44. The Morgan fingerprint density at radius 2 is 1.88 bits per heavy atom. The van der Waals surface area contributed by atoms with Crippen molar-refractivity contribution in [3.63, 3.8) is 0 Å². The molecule has 16 heavy (non-hydrogen) atoms. The van der Waals surface area contributed by atoms with Gasteiger partial charge in [-0.2, -0.15) is 0 Å². The molecule has 1 aliphatic rings. The van der Waals surface area contributed by atoms with Gasteiger partial charge in [-0.05, 0) is 25.7 Å². The van der Waals surface area contributed by atoms with E-state index in [2.05, 4.69) is 46.9 Å². The van der Waals surface area contributed by atoms with Gasteiger partial charge in [-0.1, -0.05) is 34.1 Å². The number of rotatable bonds is 4. The van der Waals surface area contributed by atoms with Crippen molar-refractivity contribution in [2.75, 3.05) is 0 Å². The maximum Gasteiger partial charge on any atom is 0.241 e. The minimum atomic E-state index is 0.00139. The van der Waals surface area contributed by atoms with Crippen molar-refractivity contribution in [1.82, 2.24) is 10.2 Å². The fourth-order valence-electron chi connectivity index (χ4n) is 2.41. The molecule has 0 bridgehead atoms. The topological polar surface area (TPSA) is 32.3 Å². The van der Waals surface area contributed by atoms with Crippen LogP contribution in [0.3, 0.4) is 0 Å². The van der Waals surface area contributed by atoms with E-state index in [0.29, 0.717) is 17.9 Å². The Morgan fingerprint density at radius 3 is 2.25 bits per heavy atom. The van der Waals surface area contributed by atoms with Crippen molar-refractivity contribution >= 4 is 5.91 Å². The summed E-state index contributed by atoms with van der Waals surface area (Å²) in [5.74, 6) is 1.19. The predicted molar refractivity (Wildman–Crippen MR) is 67.0 cm³/mol. The number of hydrogen-bond acceptors (Lipinski definition) is 2. The summed E-state index contributed by atoms with van der Waals surface area (Å²) in [6.45, 7) is 12.8. The van der Waals surface area contributed by atoms with Crippen molar-refractivity contribution in [3.8, 4) is 0 Å². The maximum atomic E-state index is 12.3. The lowest BCUT2D eigenvalue weighted by Crippen LogP contribution is -2.44. The molecule has 1 fully saturated rings. The number of hydrogen-bond donors (Lipinski definition) is 1. The Balaban J connectivity index is 2.78. The van der Waals surface area contributed by atoms with Crippen molar-refractivity contribution in [2.24, 2.45) is 11.8 Å². The first-order valence-corrected chi connectivity index (χ1v) is 6.48. The minimum Gasteiger partial charge on any atom is -0.323 e. The summed E-state index contributed by atoms with van der Waals surface area (Å²) >= 11 is 0. The molecule has 1 N–H and O–H groups in total. The largest absolute Gasteiger partial charge is 0.323 e. The van der Waals surface area contributed by atoms with E-state index in [4.69, 9.17) is 0 Å². The van der Waals surface area contributed by atoms with E-state index in [-0.39, 0.29) is 18.1 Å². The molecule has 4 atom stereocenters. The summed E-state index contributed by atoms with van der Waals surface area (Å²) in [7, 11) is 0. The summed E-state index contributed by atoms with van der Waals surface area (Å²) < 4.78 is 0. The van der Waals surface area contributed by atoms with E-state index in [0.717, 1.165) is 6.42 Å². The van der Waals surface area contributed by atoms with Gasteiger partial charge in [-0.25, -0.2) is 0 Å². The lowest BCUT2D eigenvalue weighted by atomic mass is 9.98. The molecular formula is C13H26N2O. The highest BCUT2D eigenvalue weighted by Crippen LogP contribution is 2.23. The zero-order chi connectivity index (χ0) is 12.5. The van der Waals surface area contributed by atoms with Crippen LogP contribution in [-0.2, 0) is 4.79 Å². The van der Waals surface area contributed by atoms with Crippen LogP contribution in [0.4, 0.5) is 0 Å². The quantitative estimate of drug-likeness (QED) is 0.797. The molecule has 0 spiro atoms. The zero-order valence-electron chi connectivity index (χ0n) is 11.4. The smallest absolute Gasteiger partial charge is 0.241 e. The van der Waals surface area contributed by atoms with E-state index >= 15 is 0 Å². The Bertz CT molecular complexity index is 252. The lowest BCUT2D eigenvalue weighted by Gasteiger charge is -2.32. The van der Waals surface area contributed by atoms with E-state index < -0.39 is 0 Å². The monoisotopic (exact) mass is 226 g/mol. The number of nitrogens with one attached hydrogen (secondary N) is 1. The summed E-state index contributed by atoms with van der Waals surface area (Å²) in [5.41, 5.74) is 0. The van der Waals surface area contributed by atoms with Gasteiger partial charge in [0, 0.05) is 6.04 Å². The van der Waals surface area contributed by atoms with Gasteiger partial charge >= 0.3 is 0 Å². The van der Waals surface area contributed by atoms with Gasteiger partial charge in [-0.3, -0.25) is 10.1 Å². The van der Waals surface area contributed by atoms with E-state index in [1.54, 1.807) is 0 Å². The average molecular weight is 226 g/mol. The van der Waals surface area contributed by atoms with Gasteiger partial charge in [0.15, 0.2) is 0 Å². The van der Waals surface area contributed by atoms with Crippen LogP contribution in [-0.4, -0.2) is 29.1 Å². The molecule has 0 aromatic carbocycles. The normalized spacial score (nSPS) is 29.9. The fraction of sp³-hybridized carbons (Fsp3) is 0.923. The summed E-state index contributed by atoms with van der Waals surface area (Å²) in [6, 6.07) is 0.324. The Hall–Kier alpha value is -0.570. The van der Waals surface area contributed by atoms with Gasteiger partial charge in [-0.15, -0.1) is 0 Å². The van der Waals surface area contributed by atoms with Crippen LogP contribution in [0.25, 0.3) is 0 Å². The van der Waals surface area contributed by atoms with E-state index in [1.165, 1.54) is 0 Å².